The van der Waals surface area contributed by atoms with Crippen molar-refractivity contribution in [1.29, 1.82) is 0 Å². The van der Waals surface area contributed by atoms with Crippen LogP contribution in [0.15, 0.2) is 41.1 Å². The van der Waals surface area contributed by atoms with Gasteiger partial charge in [0.15, 0.2) is 0 Å². The molecule has 0 unspecified atom stereocenters. The van der Waals surface area contributed by atoms with Gasteiger partial charge in [-0.3, -0.25) is 9.48 Å². The molecule has 0 spiro atoms. The summed E-state index contributed by atoms with van der Waals surface area (Å²) in [5.74, 6) is 0.474. The molecule has 2 heterocycles. The van der Waals surface area contributed by atoms with Crippen molar-refractivity contribution in [3.63, 3.8) is 0 Å². The maximum absolute atomic E-state index is 12.1. The second-order valence-electron chi connectivity index (χ2n) is 5.47. The van der Waals surface area contributed by atoms with Crippen molar-refractivity contribution in [3.05, 3.63) is 46.7 Å². The zero-order valence-corrected chi connectivity index (χ0v) is 13.8. The van der Waals surface area contributed by atoms with Crippen LogP contribution in [0.5, 0.6) is 0 Å². The van der Waals surface area contributed by atoms with E-state index in [1.54, 1.807) is 18.3 Å². The van der Waals surface area contributed by atoms with E-state index in [2.05, 4.69) is 26.3 Å². The molecule has 5 nitrogen and oxygen atoms in total. The normalized spacial score (nSPS) is 15.7. The molecule has 1 aliphatic rings. The van der Waals surface area contributed by atoms with Gasteiger partial charge in [-0.15, -0.1) is 0 Å². The van der Waals surface area contributed by atoms with Crippen LogP contribution in [-0.2, 0) is 11.3 Å². The predicted octanol–water partition coefficient (Wildman–Crippen LogP) is 3.32. The Kier molecular flexibility index (Phi) is 4.90. The number of nitrogens with one attached hydrogen (secondary N) is 1. The highest BCUT2D eigenvalue weighted by Gasteiger charge is 2.15. The summed E-state index contributed by atoms with van der Waals surface area (Å²) in [4.78, 5) is 12.1. The van der Waals surface area contributed by atoms with Crippen molar-refractivity contribution in [2.24, 2.45) is 5.92 Å². The summed E-state index contributed by atoms with van der Waals surface area (Å²) < 4.78 is 8.21. The van der Waals surface area contributed by atoms with Crippen LogP contribution in [0, 0.1) is 5.92 Å². The number of ether oxygens (including phenoxy) is 1. The summed E-state index contributed by atoms with van der Waals surface area (Å²) in [5.41, 5.74) is 1.35. The largest absolute Gasteiger partial charge is 0.381 e. The van der Waals surface area contributed by atoms with Crippen molar-refractivity contribution in [3.8, 4) is 0 Å². The average molecular weight is 364 g/mol. The molecule has 1 aliphatic heterocycles. The van der Waals surface area contributed by atoms with Gasteiger partial charge in [0.2, 0.25) is 0 Å². The van der Waals surface area contributed by atoms with Crippen LogP contribution in [0.1, 0.15) is 23.2 Å². The quantitative estimate of drug-likeness (QED) is 0.906. The van der Waals surface area contributed by atoms with Crippen LogP contribution >= 0.6 is 15.9 Å². The smallest absolute Gasteiger partial charge is 0.255 e. The molecule has 1 aromatic heterocycles. The molecular formula is C16H18BrN3O2. The molecule has 0 aliphatic carbocycles. The highest BCUT2D eigenvalue weighted by molar-refractivity contribution is 9.10. The fourth-order valence-electron chi connectivity index (χ4n) is 2.53. The van der Waals surface area contributed by atoms with Gasteiger partial charge in [0, 0.05) is 36.0 Å². The Morgan fingerprint density at radius 1 is 1.32 bits per heavy atom. The van der Waals surface area contributed by atoms with E-state index in [0.29, 0.717) is 11.5 Å². The molecule has 116 valence electrons. The van der Waals surface area contributed by atoms with Crippen molar-refractivity contribution >= 4 is 27.5 Å². The summed E-state index contributed by atoms with van der Waals surface area (Å²) in [7, 11) is 0. The minimum atomic E-state index is -0.127. The second-order valence-corrected chi connectivity index (χ2v) is 6.38. The van der Waals surface area contributed by atoms with Crippen LogP contribution in [0.3, 0.4) is 0 Å². The Bertz CT molecular complexity index is 633. The van der Waals surface area contributed by atoms with Crippen molar-refractivity contribution < 1.29 is 9.53 Å². The summed E-state index contributed by atoms with van der Waals surface area (Å²) in [6.07, 6.45) is 5.71. The monoisotopic (exact) mass is 363 g/mol. The lowest BCUT2D eigenvalue weighted by atomic mass is 10.0. The average Bonchev–Trinajstić information content (AvgIpc) is 2.96. The molecule has 3 rings (SSSR count). The molecule has 0 saturated carbocycles. The molecule has 0 radical (unpaired) electrons. The fourth-order valence-corrected chi connectivity index (χ4v) is 2.79. The maximum Gasteiger partial charge on any atom is 0.255 e. The lowest BCUT2D eigenvalue weighted by Crippen LogP contribution is -2.20. The number of carbonyl (C=O) groups is 1. The Labute approximate surface area is 137 Å². The molecule has 0 atom stereocenters. The summed E-state index contributed by atoms with van der Waals surface area (Å²) in [6, 6.07) is 7.27. The zero-order chi connectivity index (χ0) is 15.4. The molecule has 1 amide bonds. The van der Waals surface area contributed by atoms with E-state index in [4.69, 9.17) is 4.74 Å². The first-order valence-corrected chi connectivity index (χ1v) is 8.17. The van der Waals surface area contributed by atoms with Crippen LogP contribution < -0.4 is 5.32 Å². The van der Waals surface area contributed by atoms with Gasteiger partial charge in [-0.25, -0.2) is 0 Å². The third-order valence-corrected chi connectivity index (χ3v) is 4.31. The number of hydrogen-bond donors (Lipinski definition) is 1. The van der Waals surface area contributed by atoms with Crippen molar-refractivity contribution in [2.75, 3.05) is 18.5 Å². The highest BCUT2D eigenvalue weighted by Crippen LogP contribution is 2.18. The molecule has 1 saturated heterocycles. The SMILES string of the molecule is O=C(Nc1cnn(CC2CCOCC2)c1)c1ccc(Br)cc1. The lowest BCUT2D eigenvalue weighted by Gasteiger charge is -2.21. The molecule has 0 bridgehead atoms. The molecule has 2 aromatic rings. The van der Waals surface area contributed by atoms with E-state index in [0.717, 1.165) is 42.8 Å². The number of aromatic nitrogens is 2. The van der Waals surface area contributed by atoms with Crippen LogP contribution in [0.2, 0.25) is 0 Å². The first kappa shape index (κ1) is 15.2. The number of halogens is 1. The van der Waals surface area contributed by atoms with Crippen LogP contribution in [-0.4, -0.2) is 28.9 Å². The van der Waals surface area contributed by atoms with Crippen LogP contribution in [0.25, 0.3) is 0 Å². The van der Waals surface area contributed by atoms with Gasteiger partial charge in [-0.1, -0.05) is 15.9 Å². The summed E-state index contributed by atoms with van der Waals surface area (Å²) in [6.45, 7) is 2.54. The molecular weight excluding hydrogens is 346 g/mol. The maximum atomic E-state index is 12.1. The number of anilines is 1. The summed E-state index contributed by atoms with van der Waals surface area (Å²) >= 11 is 3.36. The Morgan fingerprint density at radius 2 is 2.05 bits per heavy atom. The first-order valence-electron chi connectivity index (χ1n) is 7.38. The van der Waals surface area contributed by atoms with E-state index in [9.17, 15) is 4.79 Å². The van der Waals surface area contributed by atoms with E-state index in [1.807, 2.05) is 23.0 Å². The minimum Gasteiger partial charge on any atom is -0.381 e. The molecule has 6 heteroatoms. The third-order valence-electron chi connectivity index (χ3n) is 3.78. The van der Waals surface area contributed by atoms with Gasteiger partial charge >= 0.3 is 0 Å². The Balaban J connectivity index is 1.58. The number of nitrogens with zero attached hydrogens (tertiary/aromatic N) is 2. The third kappa shape index (κ3) is 3.96. The second kappa shape index (κ2) is 7.07. The van der Waals surface area contributed by atoms with Crippen molar-refractivity contribution in [2.45, 2.75) is 19.4 Å². The predicted molar refractivity (Wildman–Crippen MR) is 87.9 cm³/mol. The first-order chi connectivity index (χ1) is 10.7. The summed E-state index contributed by atoms with van der Waals surface area (Å²) in [5, 5.41) is 7.20. The zero-order valence-electron chi connectivity index (χ0n) is 12.2. The Morgan fingerprint density at radius 3 is 2.77 bits per heavy atom. The number of rotatable bonds is 4. The molecule has 1 fully saturated rings. The van der Waals surface area contributed by atoms with Crippen molar-refractivity contribution in [1.82, 2.24) is 9.78 Å². The van der Waals surface area contributed by atoms with Gasteiger partial charge in [0.05, 0.1) is 11.9 Å². The lowest BCUT2D eigenvalue weighted by molar-refractivity contribution is 0.0601. The van der Waals surface area contributed by atoms with Gasteiger partial charge in [-0.05, 0) is 43.0 Å². The highest BCUT2D eigenvalue weighted by atomic mass is 79.9. The Hall–Kier alpha value is -1.66. The van der Waals surface area contributed by atoms with E-state index >= 15 is 0 Å². The van der Waals surface area contributed by atoms with E-state index in [-0.39, 0.29) is 5.91 Å². The van der Waals surface area contributed by atoms with Gasteiger partial charge < -0.3 is 10.1 Å². The standard InChI is InChI=1S/C16H18BrN3O2/c17-14-3-1-13(2-4-14)16(21)19-15-9-18-20(11-15)10-12-5-7-22-8-6-12/h1-4,9,11-12H,5-8,10H2,(H,19,21). The van der Waals surface area contributed by atoms with E-state index < -0.39 is 0 Å². The number of hydrogen-bond acceptors (Lipinski definition) is 3. The van der Waals surface area contributed by atoms with Gasteiger partial charge in [0.25, 0.3) is 5.91 Å². The fraction of sp³-hybridized carbons (Fsp3) is 0.375. The van der Waals surface area contributed by atoms with Crippen LogP contribution in [0.4, 0.5) is 5.69 Å². The topological polar surface area (TPSA) is 56.2 Å². The number of benzene rings is 1. The van der Waals surface area contributed by atoms with Gasteiger partial charge in [-0.2, -0.15) is 5.10 Å². The minimum absolute atomic E-state index is 0.127. The molecule has 1 N–H and O–H groups in total. The molecule has 1 aromatic carbocycles. The van der Waals surface area contributed by atoms with Gasteiger partial charge in [0.1, 0.15) is 0 Å². The molecule has 22 heavy (non-hydrogen) atoms. The number of carbonyl (C=O) groups excluding carboxylic acids is 1. The number of amides is 1. The van der Waals surface area contributed by atoms with E-state index in [1.165, 1.54) is 0 Å².